The van der Waals surface area contributed by atoms with E-state index in [4.69, 9.17) is 0 Å². The Balaban J connectivity index is 2.02. The number of nitrogens with one attached hydrogen (secondary N) is 1. The third kappa shape index (κ3) is 7.69. The maximum absolute atomic E-state index is 14.0. The quantitative estimate of drug-likeness (QED) is 0.329. The Morgan fingerprint density at radius 3 is 2.13 bits per heavy atom. The van der Waals surface area contributed by atoms with Crippen molar-refractivity contribution in [1.29, 1.82) is 0 Å². The zero-order valence-corrected chi connectivity index (χ0v) is 24.1. The highest BCUT2D eigenvalue weighted by Crippen LogP contribution is 2.28. The molecule has 0 aliphatic carbocycles. The van der Waals surface area contributed by atoms with Gasteiger partial charge in [0.2, 0.25) is 11.8 Å². The van der Waals surface area contributed by atoms with Crippen LogP contribution in [0.2, 0.25) is 0 Å². The molecule has 2 amide bonds. The molecule has 0 fully saturated rings. The predicted molar refractivity (Wildman–Crippen MR) is 156 cm³/mol. The molecule has 0 aromatic heterocycles. The lowest BCUT2D eigenvalue weighted by Crippen LogP contribution is -2.53. The molecular weight excluding hydrogens is 510 g/mol. The van der Waals surface area contributed by atoms with E-state index in [0.717, 1.165) is 23.1 Å². The molecule has 0 heterocycles. The maximum atomic E-state index is 14.0. The zero-order chi connectivity index (χ0) is 28.4. The van der Waals surface area contributed by atoms with Crippen molar-refractivity contribution in [2.75, 3.05) is 23.9 Å². The van der Waals surface area contributed by atoms with Gasteiger partial charge in [-0.05, 0) is 62.4 Å². The van der Waals surface area contributed by atoms with Crippen LogP contribution in [-0.2, 0) is 26.0 Å². The van der Waals surface area contributed by atoms with E-state index in [1.165, 1.54) is 21.3 Å². The summed E-state index contributed by atoms with van der Waals surface area (Å²) in [6.07, 6.45) is 1.72. The summed E-state index contributed by atoms with van der Waals surface area (Å²) in [7, 11) is -4.07. The molecule has 39 heavy (non-hydrogen) atoms. The van der Waals surface area contributed by atoms with Crippen LogP contribution in [0.15, 0.2) is 83.8 Å². The Hall–Kier alpha value is -3.65. The topological polar surface area (TPSA) is 86.8 Å². The minimum atomic E-state index is -4.07. The van der Waals surface area contributed by atoms with Crippen molar-refractivity contribution >= 4 is 27.5 Å². The first-order chi connectivity index (χ1) is 18.7. The normalized spacial score (nSPS) is 12.0. The minimum Gasteiger partial charge on any atom is -0.354 e. The summed E-state index contributed by atoms with van der Waals surface area (Å²) in [6, 6.07) is 22.6. The van der Waals surface area contributed by atoms with Gasteiger partial charge in [0.15, 0.2) is 0 Å². The summed E-state index contributed by atoms with van der Waals surface area (Å²) < 4.78 is 29.0. The lowest BCUT2D eigenvalue weighted by atomic mass is 10.1. The van der Waals surface area contributed by atoms with Gasteiger partial charge in [-0.2, -0.15) is 0 Å². The zero-order valence-electron chi connectivity index (χ0n) is 23.3. The molecule has 3 aromatic carbocycles. The van der Waals surface area contributed by atoms with E-state index in [0.29, 0.717) is 25.1 Å². The second-order valence-electron chi connectivity index (χ2n) is 9.65. The summed E-state index contributed by atoms with van der Waals surface area (Å²) in [5.41, 5.74) is 3.19. The van der Waals surface area contributed by atoms with Gasteiger partial charge in [0, 0.05) is 13.1 Å². The minimum absolute atomic E-state index is 0.0985. The third-order valence-electron chi connectivity index (χ3n) is 6.65. The molecule has 0 aliphatic rings. The van der Waals surface area contributed by atoms with E-state index in [1.807, 2.05) is 70.2 Å². The lowest BCUT2D eigenvalue weighted by Gasteiger charge is -2.33. The van der Waals surface area contributed by atoms with Gasteiger partial charge in [-0.25, -0.2) is 8.42 Å². The van der Waals surface area contributed by atoms with Crippen molar-refractivity contribution in [2.24, 2.45) is 0 Å². The number of carbonyl (C=O) groups excluding carboxylic acids is 2. The molecule has 1 N–H and O–H groups in total. The Labute approximate surface area is 232 Å². The Morgan fingerprint density at radius 1 is 0.897 bits per heavy atom. The first kappa shape index (κ1) is 29.9. The Kier molecular flexibility index (Phi) is 10.7. The molecule has 8 heteroatoms. The highest BCUT2D eigenvalue weighted by atomic mass is 32.2. The predicted octanol–water partition coefficient (Wildman–Crippen LogP) is 4.87. The highest BCUT2D eigenvalue weighted by molar-refractivity contribution is 7.92. The van der Waals surface area contributed by atoms with Crippen LogP contribution in [0.25, 0.3) is 0 Å². The first-order valence-electron chi connectivity index (χ1n) is 13.4. The molecule has 7 nitrogen and oxygen atoms in total. The van der Waals surface area contributed by atoms with E-state index < -0.39 is 28.5 Å². The average molecular weight is 550 g/mol. The van der Waals surface area contributed by atoms with Gasteiger partial charge in [-0.15, -0.1) is 0 Å². The van der Waals surface area contributed by atoms with Crippen LogP contribution >= 0.6 is 0 Å². The average Bonchev–Trinajstić information content (AvgIpc) is 2.94. The molecule has 3 aromatic rings. The summed E-state index contributed by atoms with van der Waals surface area (Å²) in [6.45, 7) is 7.97. The van der Waals surface area contributed by atoms with Gasteiger partial charge >= 0.3 is 0 Å². The fraction of sp³-hybridized carbons (Fsp3) is 0.355. The molecule has 0 unspecified atom stereocenters. The summed E-state index contributed by atoms with van der Waals surface area (Å²) >= 11 is 0. The molecule has 0 saturated heterocycles. The van der Waals surface area contributed by atoms with Crippen molar-refractivity contribution in [3.8, 4) is 0 Å². The van der Waals surface area contributed by atoms with E-state index >= 15 is 0 Å². The number of amides is 2. The van der Waals surface area contributed by atoms with Crippen molar-refractivity contribution in [1.82, 2.24) is 10.2 Å². The van der Waals surface area contributed by atoms with Crippen LogP contribution < -0.4 is 9.62 Å². The number of nitrogens with zero attached hydrogens (tertiary/aromatic N) is 2. The monoisotopic (exact) mass is 549 g/mol. The van der Waals surface area contributed by atoms with Gasteiger partial charge in [-0.3, -0.25) is 13.9 Å². The lowest BCUT2D eigenvalue weighted by molar-refractivity contribution is -0.139. The van der Waals surface area contributed by atoms with Crippen LogP contribution in [0.5, 0.6) is 0 Å². The number of sulfonamides is 1. The fourth-order valence-corrected chi connectivity index (χ4v) is 6.08. The van der Waals surface area contributed by atoms with Crippen LogP contribution in [0, 0.1) is 13.8 Å². The van der Waals surface area contributed by atoms with Crippen molar-refractivity contribution in [3.63, 3.8) is 0 Å². The number of hydrogen-bond acceptors (Lipinski definition) is 4. The number of benzene rings is 3. The van der Waals surface area contributed by atoms with Crippen LogP contribution in [0.4, 0.5) is 5.69 Å². The highest BCUT2D eigenvalue weighted by Gasteiger charge is 2.33. The van der Waals surface area contributed by atoms with Crippen LogP contribution in [0.3, 0.4) is 0 Å². The molecule has 0 radical (unpaired) electrons. The molecular formula is C31H39N3O4S. The standard InChI is InChI=1S/C31H39N3O4S/c1-5-20-32-31(36)28(6-2)33(21-19-26-13-9-7-10-14-26)30(35)23-34(29-18-17-24(3)22-25(29)4)39(37,38)27-15-11-8-12-16-27/h7-18,22,28H,5-6,19-21,23H2,1-4H3,(H,32,36)/t28-/m1/s1. The van der Waals surface area contributed by atoms with Gasteiger partial charge in [-0.1, -0.05) is 80.1 Å². The molecule has 208 valence electrons. The SMILES string of the molecule is CCCNC(=O)[C@@H](CC)N(CCc1ccccc1)C(=O)CN(c1ccc(C)cc1C)S(=O)(=O)c1ccccc1. The number of hydrogen-bond donors (Lipinski definition) is 1. The van der Waals surface area contributed by atoms with Gasteiger partial charge in [0.1, 0.15) is 12.6 Å². The summed E-state index contributed by atoms with van der Waals surface area (Å²) in [4.78, 5) is 28.8. The largest absolute Gasteiger partial charge is 0.354 e. The van der Waals surface area contributed by atoms with Crippen molar-refractivity contribution in [3.05, 3.63) is 95.6 Å². The van der Waals surface area contributed by atoms with Crippen LogP contribution in [-0.4, -0.2) is 50.8 Å². The maximum Gasteiger partial charge on any atom is 0.264 e. The Morgan fingerprint density at radius 2 is 1.54 bits per heavy atom. The van der Waals surface area contributed by atoms with Crippen molar-refractivity contribution < 1.29 is 18.0 Å². The molecule has 0 aliphatic heterocycles. The molecule has 0 bridgehead atoms. The van der Waals surface area contributed by atoms with E-state index in [2.05, 4.69) is 5.32 Å². The molecule has 0 saturated carbocycles. The van der Waals surface area contributed by atoms with Crippen molar-refractivity contribution in [2.45, 2.75) is 57.9 Å². The van der Waals surface area contributed by atoms with Gasteiger partial charge in [0.05, 0.1) is 10.6 Å². The third-order valence-corrected chi connectivity index (χ3v) is 8.42. The molecule has 1 atom stereocenters. The Bertz CT molecular complexity index is 1340. The second-order valence-corrected chi connectivity index (χ2v) is 11.5. The first-order valence-corrected chi connectivity index (χ1v) is 14.9. The fourth-order valence-electron chi connectivity index (χ4n) is 4.58. The summed E-state index contributed by atoms with van der Waals surface area (Å²) in [5, 5.41) is 2.91. The van der Waals surface area contributed by atoms with Gasteiger partial charge < -0.3 is 10.2 Å². The van der Waals surface area contributed by atoms with E-state index in [9.17, 15) is 18.0 Å². The van der Waals surface area contributed by atoms with Gasteiger partial charge in [0.25, 0.3) is 10.0 Å². The number of aryl methyl sites for hydroxylation is 2. The van der Waals surface area contributed by atoms with Crippen LogP contribution in [0.1, 0.15) is 43.4 Å². The summed E-state index contributed by atoms with van der Waals surface area (Å²) in [5.74, 6) is -0.659. The number of anilines is 1. The number of carbonyl (C=O) groups is 2. The molecule has 0 spiro atoms. The van der Waals surface area contributed by atoms with E-state index in [1.54, 1.807) is 24.3 Å². The van der Waals surface area contributed by atoms with E-state index in [-0.39, 0.29) is 17.3 Å². The molecule has 3 rings (SSSR count). The number of rotatable bonds is 13. The smallest absolute Gasteiger partial charge is 0.264 e. The second kappa shape index (κ2) is 13.9.